The molecule has 0 N–H and O–H groups in total. The maximum absolute atomic E-state index is 14.6. The van der Waals surface area contributed by atoms with E-state index in [4.69, 9.17) is 16.3 Å². The monoisotopic (exact) mass is 474 g/mol. The lowest BCUT2D eigenvalue weighted by atomic mass is 10.1. The number of rotatable bonds is 5. The molecule has 0 aliphatic heterocycles. The van der Waals surface area contributed by atoms with E-state index < -0.39 is 5.82 Å². The fourth-order valence-electron chi connectivity index (χ4n) is 4.44. The van der Waals surface area contributed by atoms with E-state index in [-0.39, 0.29) is 16.1 Å². The molecule has 6 rings (SSSR count). The molecule has 1 aliphatic rings. The van der Waals surface area contributed by atoms with Gasteiger partial charge < -0.3 is 4.74 Å². The van der Waals surface area contributed by atoms with Gasteiger partial charge in [-0.15, -0.1) is 0 Å². The van der Waals surface area contributed by atoms with Crippen molar-refractivity contribution >= 4 is 33.4 Å². The standard InChI is InChI=1S/C26H20ClFN4O2/c1-34-17-8-4-15(5-9-17)13-31-14-19-18-11-21(28)20(27)12-23(18)32(26(33)25(19)30-31)22-3-2-10-29-24(22)16-6-7-16/h2-5,8-12,14,16H,6-7,13H2,1H3. The van der Waals surface area contributed by atoms with E-state index >= 15 is 0 Å². The van der Waals surface area contributed by atoms with Crippen molar-refractivity contribution in [3.8, 4) is 11.4 Å². The Morgan fingerprint density at radius 3 is 2.68 bits per heavy atom. The van der Waals surface area contributed by atoms with Crippen LogP contribution < -0.4 is 10.3 Å². The van der Waals surface area contributed by atoms with Crippen molar-refractivity contribution in [2.75, 3.05) is 7.11 Å². The van der Waals surface area contributed by atoms with Gasteiger partial charge in [0.05, 0.1) is 35.6 Å². The van der Waals surface area contributed by atoms with Crippen LogP contribution in [0.15, 0.2) is 65.7 Å². The summed E-state index contributed by atoms with van der Waals surface area (Å²) in [6, 6.07) is 14.2. The molecule has 0 unspecified atom stereocenters. The van der Waals surface area contributed by atoms with E-state index in [9.17, 15) is 9.18 Å². The molecule has 170 valence electrons. The van der Waals surface area contributed by atoms with Crippen LogP contribution in [0.1, 0.15) is 30.0 Å². The van der Waals surface area contributed by atoms with Crippen molar-refractivity contribution < 1.29 is 9.13 Å². The van der Waals surface area contributed by atoms with Gasteiger partial charge in [-0.1, -0.05) is 23.7 Å². The minimum absolute atomic E-state index is 0.0394. The van der Waals surface area contributed by atoms with Crippen molar-refractivity contribution in [1.82, 2.24) is 19.3 Å². The Balaban J connectivity index is 1.59. The molecule has 0 bridgehead atoms. The summed E-state index contributed by atoms with van der Waals surface area (Å²) >= 11 is 6.17. The molecule has 0 radical (unpaired) electrons. The van der Waals surface area contributed by atoms with E-state index in [1.54, 1.807) is 34.8 Å². The van der Waals surface area contributed by atoms with Crippen LogP contribution in [0.3, 0.4) is 0 Å². The first kappa shape index (κ1) is 20.9. The highest BCUT2D eigenvalue weighted by Gasteiger charge is 2.29. The van der Waals surface area contributed by atoms with E-state index in [1.807, 2.05) is 30.3 Å². The minimum Gasteiger partial charge on any atom is -0.497 e. The van der Waals surface area contributed by atoms with Crippen LogP contribution in [-0.2, 0) is 6.54 Å². The molecule has 0 amide bonds. The number of methoxy groups -OCH3 is 1. The predicted molar refractivity (Wildman–Crippen MR) is 130 cm³/mol. The predicted octanol–water partition coefficient (Wildman–Crippen LogP) is 5.46. The summed E-state index contributed by atoms with van der Waals surface area (Å²) in [5.41, 5.74) is 3.07. The van der Waals surface area contributed by atoms with Gasteiger partial charge in [0.2, 0.25) is 0 Å². The highest BCUT2D eigenvalue weighted by Crippen LogP contribution is 2.42. The highest BCUT2D eigenvalue weighted by atomic mass is 35.5. The normalized spacial score (nSPS) is 13.6. The van der Waals surface area contributed by atoms with Crippen LogP contribution in [0, 0.1) is 5.82 Å². The van der Waals surface area contributed by atoms with Gasteiger partial charge in [0.25, 0.3) is 5.56 Å². The summed E-state index contributed by atoms with van der Waals surface area (Å²) < 4.78 is 23.1. The Kier molecular flexibility index (Phi) is 4.88. The molecule has 0 spiro atoms. The van der Waals surface area contributed by atoms with Gasteiger partial charge >= 0.3 is 0 Å². The first-order valence-electron chi connectivity index (χ1n) is 11.0. The third-order valence-electron chi connectivity index (χ3n) is 6.26. The Morgan fingerprint density at radius 2 is 1.94 bits per heavy atom. The summed E-state index contributed by atoms with van der Waals surface area (Å²) in [7, 11) is 1.62. The molecular weight excluding hydrogens is 455 g/mol. The number of halogens is 2. The summed E-state index contributed by atoms with van der Waals surface area (Å²) in [4.78, 5) is 18.3. The first-order chi connectivity index (χ1) is 16.5. The van der Waals surface area contributed by atoms with E-state index in [0.29, 0.717) is 34.4 Å². The Bertz CT molecular complexity index is 1620. The molecule has 2 aromatic carbocycles. The van der Waals surface area contributed by atoms with Gasteiger partial charge in [-0.25, -0.2) is 4.39 Å². The average molecular weight is 475 g/mol. The molecule has 5 aromatic rings. The molecule has 1 fully saturated rings. The van der Waals surface area contributed by atoms with E-state index in [0.717, 1.165) is 29.8 Å². The topological polar surface area (TPSA) is 61.9 Å². The molecule has 1 saturated carbocycles. The Labute approximate surface area is 199 Å². The molecule has 3 heterocycles. The van der Waals surface area contributed by atoms with Crippen LogP contribution in [-0.4, -0.2) is 26.4 Å². The van der Waals surface area contributed by atoms with Crippen LogP contribution in [0.25, 0.3) is 27.5 Å². The second-order valence-corrected chi connectivity index (χ2v) is 8.95. The molecule has 8 heteroatoms. The zero-order valence-corrected chi connectivity index (χ0v) is 19.1. The number of hydrogen-bond acceptors (Lipinski definition) is 4. The lowest BCUT2D eigenvalue weighted by Crippen LogP contribution is -2.21. The van der Waals surface area contributed by atoms with Gasteiger partial charge in [-0.05, 0) is 54.8 Å². The number of pyridine rings is 2. The quantitative estimate of drug-likeness (QED) is 0.339. The molecule has 34 heavy (non-hydrogen) atoms. The van der Waals surface area contributed by atoms with Gasteiger partial charge in [0.15, 0.2) is 5.52 Å². The smallest absolute Gasteiger partial charge is 0.284 e. The fraction of sp³-hybridized carbons (Fsp3) is 0.192. The zero-order valence-electron chi connectivity index (χ0n) is 18.3. The van der Waals surface area contributed by atoms with Crippen molar-refractivity contribution in [3.63, 3.8) is 0 Å². The van der Waals surface area contributed by atoms with Crippen molar-refractivity contribution in [2.24, 2.45) is 0 Å². The summed E-state index contributed by atoms with van der Waals surface area (Å²) in [5.74, 6) is 0.535. The lowest BCUT2D eigenvalue weighted by Gasteiger charge is -2.14. The van der Waals surface area contributed by atoms with Crippen molar-refractivity contribution in [1.29, 1.82) is 0 Å². The van der Waals surface area contributed by atoms with Gasteiger partial charge in [0, 0.05) is 29.1 Å². The van der Waals surface area contributed by atoms with Crippen molar-refractivity contribution in [2.45, 2.75) is 25.3 Å². The van der Waals surface area contributed by atoms with Crippen LogP contribution in [0.5, 0.6) is 5.75 Å². The molecule has 3 aromatic heterocycles. The van der Waals surface area contributed by atoms with E-state index in [2.05, 4.69) is 10.1 Å². The van der Waals surface area contributed by atoms with Crippen LogP contribution >= 0.6 is 11.6 Å². The molecule has 0 atom stereocenters. The first-order valence-corrected chi connectivity index (χ1v) is 11.4. The van der Waals surface area contributed by atoms with E-state index in [1.165, 1.54) is 12.1 Å². The highest BCUT2D eigenvalue weighted by molar-refractivity contribution is 6.31. The number of aromatic nitrogens is 4. The number of hydrogen-bond donors (Lipinski definition) is 0. The summed E-state index contributed by atoms with van der Waals surface area (Å²) in [6.07, 6.45) is 5.58. The summed E-state index contributed by atoms with van der Waals surface area (Å²) in [6.45, 7) is 0.454. The number of nitrogens with zero attached hydrogens (tertiary/aromatic N) is 4. The molecule has 0 saturated heterocycles. The largest absolute Gasteiger partial charge is 0.497 e. The van der Waals surface area contributed by atoms with Crippen LogP contribution in [0.2, 0.25) is 5.02 Å². The zero-order chi connectivity index (χ0) is 23.4. The van der Waals surface area contributed by atoms with Gasteiger partial charge in [-0.2, -0.15) is 5.10 Å². The number of benzene rings is 2. The maximum Gasteiger partial charge on any atom is 0.284 e. The fourth-order valence-corrected chi connectivity index (χ4v) is 4.59. The molecular formula is C26H20ClFN4O2. The van der Waals surface area contributed by atoms with Crippen molar-refractivity contribution in [3.05, 3.63) is 93.4 Å². The SMILES string of the molecule is COc1ccc(Cn2cc3c(n2)c(=O)n(-c2cccnc2C2CC2)c2cc(Cl)c(F)cc32)cc1. The molecule has 1 aliphatic carbocycles. The number of ether oxygens (including phenoxy) is 1. The second-order valence-electron chi connectivity index (χ2n) is 8.54. The second kappa shape index (κ2) is 7.95. The summed E-state index contributed by atoms with van der Waals surface area (Å²) in [5, 5.41) is 5.72. The Hall–Kier alpha value is -3.71. The third kappa shape index (κ3) is 3.44. The van der Waals surface area contributed by atoms with Gasteiger partial charge in [-0.3, -0.25) is 19.0 Å². The minimum atomic E-state index is -0.544. The average Bonchev–Trinajstić information content (AvgIpc) is 3.61. The number of fused-ring (bicyclic) bond motifs is 3. The lowest BCUT2D eigenvalue weighted by molar-refractivity contribution is 0.414. The van der Waals surface area contributed by atoms with Gasteiger partial charge in [0.1, 0.15) is 11.6 Å². The third-order valence-corrected chi connectivity index (χ3v) is 6.55. The van der Waals surface area contributed by atoms with Crippen LogP contribution in [0.4, 0.5) is 4.39 Å². The maximum atomic E-state index is 14.6. The Morgan fingerprint density at radius 1 is 1.15 bits per heavy atom. The molecule has 6 nitrogen and oxygen atoms in total.